The molecule has 0 unspecified atom stereocenters. The van der Waals surface area contributed by atoms with Crippen molar-refractivity contribution in [2.75, 3.05) is 82.9 Å². The molecule has 0 fully saturated rings. The molecule has 0 spiro atoms. The van der Waals surface area contributed by atoms with E-state index in [-0.39, 0.29) is 98.1 Å². The maximum atomic E-state index is 15.0. The predicted octanol–water partition coefficient (Wildman–Crippen LogP) is 10.8. The summed E-state index contributed by atoms with van der Waals surface area (Å²) in [4.78, 5) is 105. The van der Waals surface area contributed by atoms with Gasteiger partial charge in [0.15, 0.2) is 23.0 Å². The zero-order valence-corrected chi connectivity index (χ0v) is 58.3. The monoisotopic (exact) mass is 1330 g/mol. The number of alkyl carbamates (subject to hydrolysis) is 1. The highest BCUT2D eigenvalue weighted by molar-refractivity contribution is 6.76. The van der Waals surface area contributed by atoms with Crippen LogP contribution in [-0.2, 0) is 38.1 Å². The van der Waals surface area contributed by atoms with E-state index in [9.17, 15) is 33.6 Å². The van der Waals surface area contributed by atoms with E-state index in [4.69, 9.17) is 37.9 Å². The quantitative estimate of drug-likeness (QED) is 0.0311. The Morgan fingerprint density at radius 3 is 1.57 bits per heavy atom. The SMILES string of the molecule is COC1=CN2C(=O)c3cc(OC)c(OCCCOc4cc5c(cc4OC)C(=O)N4C=C(c6ccc(NC(=O)[C@H](C)NC(=O)[C@@H](NC(=O)OCC7c8ccccc8-c8ccccc87)C(C)C)cc6)C[C@H]4C(=O)N5COCC[Si](C)(C)C)cc3N(COCC[Si](C)(C)C)C(=O)[C@@H]2C1. The molecule has 4 atom stereocenters. The van der Waals surface area contributed by atoms with Crippen molar-refractivity contribution < 1.29 is 71.5 Å². The first kappa shape index (κ1) is 68.9. The van der Waals surface area contributed by atoms with Crippen LogP contribution in [0, 0.1) is 5.92 Å². The van der Waals surface area contributed by atoms with Gasteiger partial charge in [-0.2, -0.15) is 0 Å². The average molecular weight is 1330 g/mol. The van der Waals surface area contributed by atoms with Crippen molar-refractivity contribution >= 4 is 80.3 Å². The second-order valence-electron chi connectivity index (χ2n) is 27.1. The molecule has 0 aromatic heterocycles. The number of carbonyl (C=O) groups is 7. The maximum absolute atomic E-state index is 15.0. The third-order valence-electron chi connectivity index (χ3n) is 17.6. The average Bonchev–Trinajstić information content (AvgIpc) is 1.64. The van der Waals surface area contributed by atoms with Gasteiger partial charge in [-0.3, -0.25) is 43.5 Å². The van der Waals surface area contributed by atoms with Crippen molar-refractivity contribution in [2.24, 2.45) is 5.92 Å². The highest BCUT2D eigenvalue weighted by Crippen LogP contribution is 2.46. The van der Waals surface area contributed by atoms with Gasteiger partial charge < -0.3 is 58.7 Å². The largest absolute Gasteiger partial charge is 0.499 e. The molecule has 0 radical (unpaired) electrons. The summed E-state index contributed by atoms with van der Waals surface area (Å²) in [5.74, 6) is -1.42. The molecule has 4 heterocycles. The zero-order valence-electron chi connectivity index (χ0n) is 56.3. The summed E-state index contributed by atoms with van der Waals surface area (Å²) in [6.07, 6.45) is 3.24. The maximum Gasteiger partial charge on any atom is 0.407 e. The second-order valence-corrected chi connectivity index (χ2v) is 38.4. The number of rotatable bonds is 28. The van der Waals surface area contributed by atoms with Crippen molar-refractivity contribution in [3.63, 3.8) is 0 Å². The van der Waals surface area contributed by atoms with Crippen LogP contribution < -0.4 is 44.7 Å². The van der Waals surface area contributed by atoms with Gasteiger partial charge >= 0.3 is 6.09 Å². The Morgan fingerprint density at radius 2 is 1.07 bits per heavy atom. The Morgan fingerprint density at radius 1 is 0.568 bits per heavy atom. The Hall–Kier alpha value is -8.98. The molecule has 0 saturated carbocycles. The summed E-state index contributed by atoms with van der Waals surface area (Å²) in [6, 6.07) is 27.4. The Labute approximate surface area is 557 Å². The summed E-state index contributed by atoms with van der Waals surface area (Å²) in [7, 11) is 1.46. The number of fused-ring (bicyclic) bond motifs is 7. The Balaban J connectivity index is 0.785. The first-order valence-electron chi connectivity index (χ1n) is 32.3. The summed E-state index contributed by atoms with van der Waals surface area (Å²) < 4.78 is 47.8. The van der Waals surface area contributed by atoms with E-state index in [0.29, 0.717) is 59.3 Å². The van der Waals surface area contributed by atoms with Crippen LogP contribution in [0.4, 0.5) is 21.9 Å². The Bertz CT molecular complexity index is 3760. The smallest absolute Gasteiger partial charge is 0.407 e. The summed E-state index contributed by atoms with van der Waals surface area (Å²) in [6.45, 7) is 19.6. The van der Waals surface area contributed by atoms with Crippen LogP contribution in [0.1, 0.15) is 83.4 Å². The fourth-order valence-electron chi connectivity index (χ4n) is 12.1. The third kappa shape index (κ3) is 15.6. The molecule has 7 amide bonds. The van der Waals surface area contributed by atoms with Crippen molar-refractivity contribution in [3.8, 4) is 34.1 Å². The fraction of sp³-hybridized carbons (Fsp3) is 0.423. The number of nitrogens with zero attached hydrogens (tertiary/aromatic N) is 4. The van der Waals surface area contributed by atoms with Gasteiger partial charge in [0.05, 0.1) is 57.0 Å². The number of ether oxygens (including phenoxy) is 8. The van der Waals surface area contributed by atoms with Crippen LogP contribution in [0.5, 0.6) is 23.0 Å². The van der Waals surface area contributed by atoms with Crippen molar-refractivity contribution in [1.29, 1.82) is 0 Å². The van der Waals surface area contributed by atoms with Gasteiger partial charge in [0.25, 0.3) is 23.6 Å². The molecule has 22 nitrogen and oxygen atoms in total. The number of nitrogens with one attached hydrogen (secondary N) is 3. The van der Waals surface area contributed by atoms with E-state index in [2.05, 4.69) is 67.4 Å². The van der Waals surface area contributed by atoms with Gasteiger partial charge in [-0.05, 0) is 82.6 Å². The van der Waals surface area contributed by atoms with E-state index >= 15 is 0 Å². The first-order chi connectivity index (χ1) is 45.4. The number of methoxy groups -OCH3 is 3. The molecular formula is C71H87N7O15Si2. The van der Waals surface area contributed by atoms with E-state index < -0.39 is 70.0 Å². The molecule has 504 valence electrons. The topological polar surface area (TPSA) is 242 Å². The minimum Gasteiger partial charge on any atom is -0.499 e. The molecule has 24 heteroatoms. The molecule has 4 aliphatic heterocycles. The molecule has 5 aromatic carbocycles. The third-order valence-corrected chi connectivity index (χ3v) is 21.0. The van der Waals surface area contributed by atoms with Gasteiger partial charge in [0, 0.05) is 84.8 Å². The molecule has 0 bridgehead atoms. The predicted molar refractivity (Wildman–Crippen MR) is 366 cm³/mol. The molecule has 1 aliphatic carbocycles. The van der Waals surface area contributed by atoms with Crippen LogP contribution in [-0.4, -0.2) is 159 Å². The van der Waals surface area contributed by atoms with Gasteiger partial charge in [-0.1, -0.05) is 114 Å². The lowest BCUT2D eigenvalue weighted by molar-refractivity contribution is -0.128. The number of hydrogen-bond acceptors (Lipinski definition) is 15. The summed E-state index contributed by atoms with van der Waals surface area (Å²) in [5.41, 5.74) is 7.25. The zero-order chi connectivity index (χ0) is 68.0. The molecule has 95 heavy (non-hydrogen) atoms. The van der Waals surface area contributed by atoms with Crippen molar-refractivity contribution in [2.45, 2.75) is 121 Å². The van der Waals surface area contributed by atoms with Gasteiger partial charge in [0.2, 0.25) is 11.8 Å². The normalized spacial score (nSPS) is 17.3. The van der Waals surface area contributed by atoms with E-state index in [1.165, 1.54) is 40.9 Å². The number of carbonyl (C=O) groups excluding carboxylic acids is 7. The molecule has 10 rings (SSSR count). The van der Waals surface area contributed by atoms with Gasteiger partial charge in [0.1, 0.15) is 50.0 Å². The van der Waals surface area contributed by atoms with E-state index in [0.717, 1.165) is 34.3 Å². The number of benzene rings is 5. The standard InChI is InChI=1S/C71H87N7O15Si2/c1-43(2)64(74-71(85)93-40-55-51-20-15-13-18-49(51)50-19-14-16-21-52(50)55)66(80)72-44(3)65(79)73-47-24-22-45(23-25-47)46-32-58-69(83)77(41-89-28-30-94(7,8)9)56-36-62(60(87-5)34-53(56)67(81)75(58)38-46)91-26-17-27-92-63-37-57-54(35-61(63)88-6)68(82)76-39-48(86-4)33-59(76)70(84)78(57)42-90-29-31-95(10,11)12/h13-16,18-25,34-39,43-44,55,58-59,64H,17,26-33,40-42H2,1-12H3,(H,72,80)(H,73,79)(H,74,85)/t44-,58-,59-,64-/m0/s1. The van der Waals surface area contributed by atoms with Crippen LogP contribution in [0.3, 0.4) is 0 Å². The number of hydrogen-bond donors (Lipinski definition) is 3. The van der Waals surface area contributed by atoms with Gasteiger partial charge in [-0.25, -0.2) is 4.79 Å². The molecule has 5 aliphatic rings. The highest BCUT2D eigenvalue weighted by atomic mass is 28.3. The summed E-state index contributed by atoms with van der Waals surface area (Å²) >= 11 is 0. The lowest BCUT2D eigenvalue weighted by atomic mass is 9.98. The van der Waals surface area contributed by atoms with Crippen molar-refractivity contribution in [3.05, 3.63) is 143 Å². The van der Waals surface area contributed by atoms with Crippen LogP contribution in [0.25, 0.3) is 16.7 Å². The minimum absolute atomic E-state index is 0.0727. The van der Waals surface area contributed by atoms with E-state index in [1.54, 1.807) is 81.7 Å². The highest BCUT2D eigenvalue weighted by Gasteiger charge is 2.46. The van der Waals surface area contributed by atoms with Crippen LogP contribution in [0.2, 0.25) is 51.4 Å². The number of amides is 7. The second kappa shape index (κ2) is 29.3. The Kier molecular flexibility index (Phi) is 21.3. The van der Waals surface area contributed by atoms with Gasteiger partial charge in [-0.15, -0.1) is 0 Å². The molecule has 3 N–H and O–H groups in total. The lowest BCUT2D eigenvalue weighted by Gasteiger charge is -2.27. The fourth-order valence-corrected chi connectivity index (χ4v) is 13.6. The van der Waals surface area contributed by atoms with Crippen LogP contribution in [0.15, 0.2) is 115 Å². The lowest BCUT2D eigenvalue weighted by Crippen LogP contribution is -2.53. The molecule has 0 saturated heterocycles. The minimum atomic E-state index is -1.54. The first-order valence-corrected chi connectivity index (χ1v) is 39.7. The molecular weight excluding hydrogens is 1250 g/mol. The van der Waals surface area contributed by atoms with Crippen LogP contribution >= 0.6 is 0 Å². The summed E-state index contributed by atoms with van der Waals surface area (Å²) in [5, 5.41) is 8.31. The molecule has 5 aromatic rings. The van der Waals surface area contributed by atoms with E-state index in [1.807, 2.05) is 36.4 Å². The van der Waals surface area contributed by atoms with Crippen molar-refractivity contribution in [1.82, 2.24) is 20.4 Å². The number of anilines is 3.